The first-order valence-corrected chi connectivity index (χ1v) is 12.4. The molecule has 170 valence electrons. The zero-order valence-corrected chi connectivity index (χ0v) is 20.1. The van der Waals surface area contributed by atoms with E-state index in [1.807, 2.05) is 6.07 Å². The molecule has 0 unspecified atom stereocenters. The second-order valence-electron chi connectivity index (χ2n) is 9.45. The highest BCUT2D eigenvalue weighted by molar-refractivity contribution is 6.58. The minimum Gasteiger partial charge on any atom is -0.246 e. The minimum absolute atomic E-state index is 0.864. The first-order chi connectivity index (χ1) is 17.8. The molecule has 0 atom stereocenters. The molecule has 5 aromatic rings. The molecule has 2 heteroatoms. The van der Waals surface area contributed by atoms with Crippen LogP contribution in [-0.2, 0) is 6.42 Å². The number of benzene rings is 5. The monoisotopic (exact) mass is 460 g/mol. The fraction of sp³-hybridized carbons (Fsp3) is 0.0588. The van der Waals surface area contributed by atoms with Crippen molar-refractivity contribution in [1.82, 2.24) is 0 Å². The standard InChI is InChI=1S/C34H24N2/c1-22-11-9-15-25-21-24-14-10-19-28-27-17-5-6-18-29(27)33(34(31(24)28)36-32(22)25)35-30-20-8-7-16-26(30)23-12-3-2-4-13-23/h2-20H,21H2,1H3. The van der Waals surface area contributed by atoms with Gasteiger partial charge >= 0.3 is 0 Å². The Labute approximate surface area is 211 Å². The molecule has 0 saturated heterocycles. The van der Waals surface area contributed by atoms with Crippen molar-refractivity contribution in [1.29, 1.82) is 0 Å². The molecular weight excluding hydrogens is 436 g/mol. The van der Waals surface area contributed by atoms with Crippen molar-refractivity contribution in [3.63, 3.8) is 0 Å². The van der Waals surface area contributed by atoms with Gasteiger partial charge in [0.25, 0.3) is 0 Å². The Morgan fingerprint density at radius 1 is 0.583 bits per heavy atom. The highest BCUT2D eigenvalue weighted by Gasteiger charge is 2.31. The van der Waals surface area contributed by atoms with Crippen LogP contribution in [0.3, 0.4) is 0 Å². The Balaban J connectivity index is 1.56. The summed E-state index contributed by atoms with van der Waals surface area (Å²) in [5.74, 6) is 0. The van der Waals surface area contributed by atoms with Crippen molar-refractivity contribution in [2.75, 3.05) is 0 Å². The summed E-state index contributed by atoms with van der Waals surface area (Å²) in [6, 6.07) is 40.6. The zero-order chi connectivity index (χ0) is 24.1. The van der Waals surface area contributed by atoms with Crippen molar-refractivity contribution in [2.45, 2.75) is 13.3 Å². The van der Waals surface area contributed by atoms with Crippen LogP contribution in [0.4, 0.5) is 11.4 Å². The lowest BCUT2D eigenvalue weighted by molar-refractivity contribution is 1.18. The molecule has 7 rings (SSSR count). The number of fused-ring (bicyclic) bond motifs is 3. The van der Waals surface area contributed by atoms with Crippen LogP contribution in [-0.4, -0.2) is 11.4 Å². The quantitative estimate of drug-likeness (QED) is 0.252. The molecule has 36 heavy (non-hydrogen) atoms. The Bertz CT molecular complexity index is 1710. The molecule has 2 aliphatic rings. The number of aryl methyl sites for hydroxylation is 1. The number of hydrogen-bond donors (Lipinski definition) is 0. The average Bonchev–Trinajstić information content (AvgIpc) is 3.10. The number of rotatable bonds is 2. The lowest BCUT2D eigenvalue weighted by Gasteiger charge is -2.25. The second-order valence-corrected chi connectivity index (χ2v) is 9.45. The van der Waals surface area contributed by atoms with Crippen molar-refractivity contribution in [3.8, 4) is 22.3 Å². The maximum absolute atomic E-state index is 5.39. The van der Waals surface area contributed by atoms with Crippen LogP contribution in [0.1, 0.15) is 27.8 Å². The van der Waals surface area contributed by atoms with E-state index >= 15 is 0 Å². The van der Waals surface area contributed by atoms with E-state index in [1.54, 1.807) is 0 Å². The fourth-order valence-corrected chi connectivity index (χ4v) is 5.54. The van der Waals surface area contributed by atoms with E-state index in [9.17, 15) is 0 Å². The molecule has 0 spiro atoms. The fourth-order valence-electron chi connectivity index (χ4n) is 5.54. The highest BCUT2D eigenvalue weighted by atomic mass is 14.8. The normalized spacial score (nSPS) is 14.4. The number of para-hydroxylation sites is 2. The molecular formula is C34H24N2. The Kier molecular flexibility index (Phi) is 4.78. The summed E-state index contributed by atoms with van der Waals surface area (Å²) in [7, 11) is 0. The smallest absolute Gasteiger partial charge is 0.0981 e. The lowest BCUT2D eigenvalue weighted by atomic mass is 9.80. The van der Waals surface area contributed by atoms with Gasteiger partial charge in [0.15, 0.2) is 0 Å². The van der Waals surface area contributed by atoms with Gasteiger partial charge in [-0.1, -0.05) is 109 Å². The average molecular weight is 461 g/mol. The zero-order valence-electron chi connectivity index (χ0n) is 20.1. The van der Waals surface area contributed by atoms with E-state index in [-0.39, 0.29) is 0 Å². The molecule has 1 aliphatic heterocycles. The number of aliphatic imine (C=N–C) groups is 2. The molecule has 0 saturated carbocycles. The third-order valence-corrected chi connectivity index (χ3v) is 7.23. The Morgan fingerprint density at radius 2 is 1.25 bits per heavy atom. The van der Waals surface area contributed by atoms with E-state index < -0.39 is 0 Å². The lowest BCUT2D eigenvalue weighted by Crippen LogP contribution is -2.24. The number of hydrogen-bond acceptors (Lipinski definition) is 2. The summed E-state index contributed by atoms with van der Waals surface area (Å²) in [4.78, 5) is 10.8. The van der Waals surface area contributed by atoms with Crippen LogP contribution in [0.25, 0.3) is 22.3 Å². The van der Waals surface area contributed by atoms with Gasteiger partial charge in [0.2, 0.25) is 0 Å². The van der Waals surface area contributed by atoms with Gasteiger partial charge in [-0.2, -0.15) is 0 Å². The highest BCUT2D eigenvalue weighted by Crippen LogP contribution is 2.42. The maximum Gasteiger partial charge on any atom is 0.0981 e. The molecule has 0 radical (unpaired) electrons. The first kappa shape index (κ1) is 20.8. The number of nitrogens with zero attached hydrogens (tertiary/aromatic N) is 2. The topological polar surface area (TPSA) is 24.7 Å². The molecule has 0 fully saturated rings. The van der Waals surface area contributed by atoms with Gasteiger partial charge in [-0.05, 0) is 46.4 Å². The van der Waals surface area contributed by atoms with Gasteiger partial charge in [0, 0.05) is 23.1 Å². The van der Waals surface area contributed by atoms with Crippen molar-refractivity contribution in [3.05, 3.63) is 143 Å². The second kappa shape index (κ2) is 8.28. The summed E-state index contributed by atoms with van der Waals surface area (Å²) < 4.78 is 0. The minimum atomic E-state index is 0.864. The van der Waals surface area contributed by atoms with Crippen molar-refractivity contribution < 1.29 is 0 Å². The van der Waals surface area contributed by atoms with Gasteiger partial charge in [0.05, 0.1) is 22.8 Å². The van der Waals surface area contributed by atoms with Crippen LogP contribution in [0.5, 0.6) is 0 Å². The third-order valence-electron chi connectivity index (χ3n) is 7.23. The molecule has 5 aromatic carbocycles. The van der Waals surface area contributed by atoms with Gasteiger partial charge in [0.1, 0.15) is 0 Å². The van der Waals surface area contributed by atoms with E-state index in [0.717, 1.165) is 45.9 Å². The molecule has 0 amide bonds. The van der Waals surface area contributed by atoms with Crippen LogP contribution >= 0.6 is 0 Å². The molecule has 1 aliphatic carbocycles. The van der Waals surface area contributed by atoms with Crippen molar-refractivity contribution >= 4 is 22.8 Å². The molecule has 0 N–H and O–H groups in total. The van der Waals surface area contributed by atoms with Gasteiger partial charge in [-0.3, -0.25) is 0 Å². The third kappa shape index (κ3) is 3.26. The molecule has 1 heterocycles. The Morgan fingerprint density at radius 3 is 2.11 bits per heavy atom. The summed E-state index contributed by atoms with van der Waals surface area (Å²) >= 11 is 0. The SMILES string of the molecule is Cc1cccc2c1N=C1C(=Nc3ccccc3-c3ccccc3)c3ccccc3-c3cccc(c31)C2. The maximum atomic E-state index is 5.39. The van der Waals surface area contributed by atoms with Gasteiger partial charge in [-0.25, -0.2) is 9.98 Å². The first-order valence-electron chi connectivity index (χ1n) is 12.4. The summed E-state index contributed by atoms with van der Waals surface area (Å²) in [5, 5.41) is 0. The van der Waals surface area contributed by atoms with Crippen LogP contribution < -0.4 is 0 Å². The van der Waals surface area contributed by atoms with E-state index in [1.165, 1.54) is 33.4 Å². The predicted octanol–water partition coefficient (Wildman–Crippen LogP) is 8.49. The largest absolute Gasteiger partial charge is 0.246 e. The Hall–Kier alpha value is -4.56. The van der Waals surface area contributed by atoms with E-state index in [4.69, 9.17) is 9.98 Å². The van der Waals surface area contributed by atoms with Crippen LogP contribution in [0.15, 0.2) is 125 Å². The van der Waals surface area contributed by atoms with Gasteiger partial charge in [-0.15, -0.1) is 0 Å². The molecule has 2 nitrogen and oxygen atoms in total. The van der Waals surface area contributed by atoms with Crippen LogP contribution in [0.2, 0.25) is 0 Å². The van der Waals surface area contributed by atoms with E-state index in [0.29, 0.717) is 0 Å². The molecule has 0 aromatic heterocycles. The van der Waals surface area contributed by atoms with Gasteiger partial charge < -0.3 is 0 Å². The summed E-state index contributed by atoms with van der Waals surface area (Å²) in [5.41, 5.74) is 14.7. The molecule has 0 bridgehead atoms. The van der Waals surface area contributed by atoms with E-state index in [2.05, 4.69) is 116 Å². The van der Waals surface area contributed by atoms with Crippen molar-refractivity contribution in [2.24, 2.45) is 9.98 Å². The summed E-state index contributed by atoms with van der Waals surface area (Å²) in [6.45, 7) is 2.15. The summed E-state index contributed by atoms with van der Waals surface area (Å²) in [6.07, 6.45) is 0.864. The van der Waals surface area contributed by atoms with Crippen LogP contribution in [0, 0.1) is 6.92 Å². The predicted molar refractivity (Wildman–Crippen MR) is 150 cm³/mol.